The fraction of sp³-hybridized carbons (Fsp3) is 0.200. The van der Waals surface area contributed by atoms with Crippen molar-refractivity contribution in [3.8, 4) is 0 Å². The second-order valence-corrected chi connectivity index (χ2v) is 7.80. The minimum atomic E-state index is -0.250. The largest absolute Gasteiger partial charge is 0.363 e. The number of imide groups is 1. The molecule has 32 heavy (non-hydrogen) atoms. The molecule has 7 nitrogen and oxygen atoms in total. The van der Waals surface area contributed by atoms with Gasteiger partial charge in [-0.1, -0.05) is 36.4 Å². The van der Waals surface area contributed by atoms with Crippen molar-refractivity contribution in [3.63, 3.8) is 0 Å². The van der Waals surface area contributed by atoms with E-state index in [2.05, 4.69) is 19.8 Å². The molecule has 0 bridgehead atoms. The molecule has 0 aliphatic carbocycles. The van der Waals surface area contributed by atoms with Gasteiger partial charge in [0.1, 0.15) is 11.5 Å². The molecule has 0 atom stereocenters. The molecular weight excluding hydrogens is 402 g/mol. The first-order valence-electron chi connectivity index (χ1n) is 10.7. The minimum Gasteiger partial charge on any atom is -0.363 e. The highest BCUT2D eigenvalue weighted by Crippen LogP contribution is 2.33. The molecule has 160 valence electrons. The normalized spacial score (nSPS) is 16.8. The lowest BCUT2D eigenvalue weighted by Crippen LogP contribution is -2.47. The molecule has 5 rings (SSSR count). The number of hydrogen-bond acceptors (Lipinski definition) is 6. The Hall–Kier alpha value is -4.00. The smallest absolute Gasteiger partial charge is 0.278 e. The van der Waals surface area contributed by atoms with Crippen LogP contribution < -0.4 is 4.90 Å². The standard InChI is InChI=1S/C25H23N5O2/c31-24-22(20-6-2-1-3-7-20)23(25(32)30(24)18-19-9-12-26-13-10-19)29-16-14-28(15-17-29)21-8-4-5-11-27-21/h1-13H,14-18H2. The third kappa shape index (κ3) is 3.73. The summed E-state index contributed by atoms with van der Waals surface area (Å²) in [5.74, 6) is 0.440. The van der Waals surface area contributed by atoms with Crippen LogP contribution >= 0.6 is 0 Å². The Morgan fingerprint density at radius 1 is 0.719 bits per heavy atom. The van der Waals surface area contributed by atoms with Crippen molar-refractivity contribution >= 4 is 23.2 Å². The highest BCUT2D eigenvalue weighted by atomic mass is 16.2. The van der Waals surface area contributed by atoms with Crippen LogP contribution in [0.2, 0.25) is 0 Å². The van der Waals surface area contributed by atoms with E-state index in [-0.39, 0.29) is 18.4 Å². The number of carbonyl (C=O) groups is 2. The molecule has 1 saturated heterocycles. The number of hydrogen-bond donors (Lipinski definition) is 0. The monoisotopic (exact) mass is 425 g/mol. The zero-order valence-corrected chi connectivity index (χ0v) is 17.6. The van der Waals surface area contributed by atoms with Crippen molar-refractivity contribution < 1.29 is 9.59 Å². The summed E-state index contributed by atoms with van der Waals surface area (Å²) in [5, 5.41) is 0. The summed E-state index contributed by atoms with van der Waals surface area (Å²) in [7, 11) is 0. The Balaban J connectivity index is 1.44. The Morgan fingerprint density at radius 2 is 1.41 bits per heavy atom. The van der Waals surface area contributed by atoms with Crippen LogP contribution in [-0.4, -0.2) is 57.8 Å². The first kappa shape index (κ1) is 19.9. The van der Waals surface area contributed by atoms with Gasteiger partial charge in [-0.2, -0.15) is 0 Å². The maximum atomic E-state index is 13.5. The van der Waals surface area contributed by atoms with Crippen LogP contribution in [0.15, 0.2) is 85.0 Å². The number of piperazine rings is 1. The van der Waals surface area contributed by atoms with Gasteiger partial charge < -0.3 is 9.80 Å². The van der Waals surface area contributed by atoms with Crippen LogP contribution in [-0.2, 0) is 16.1 Å². The number of carbonyl (C=O) groups excluding carboxylic acids is 2. The highest BCUT2D eigenvalue weighted by molar-refractivity contribution is 6.35. The van der Waals surface area contributed by atoms with Crippen LogP contribution in [0.25, 0.3) is 5.57 Å². The van der Waals surface area contributed by atoms with Crippen LogP contribution in [0, 0.1) is 0 Å². The number of anilines is 1. The SMILES string of the molecule is O=C1C(c2ccccc2)=C(N2CCN(c3ccccn3)CC2)C(=O)N1Cc1ccncc1. The zero-order valence-electron chi connectivity index (χ0n) is 17.6. The molecule has 0 N–H and O–H groups in total. The Morgan fingerprint density at radius 3 is 2.09 bits per heavy atom. The van der Waals surface area contributed by atoms with Gasteiger partial charge in [0, 0.05) is 44.8 Å². The average molecular weight is 425 g/mol. The Kier molecular flexibility index (Phi) is 5.37. The van der Waals surface area contributed by atoms with E-state index in [9.17, 15) is 9.59 Å². The molecule has 2 aromatic heterocycles. The maximum absolute atomic E-state index is 13.5. The maximum Gasteiger partial charge on any atom is 0.278 e. The van der Waals surface area contributed by atoms with Crippen molar-refractivity contribution in [3.05, 3.63) is 96.1 Å². The van der Waals surface area contributed by atoms with Crippen LogP contribution in [0.5, 0.6) is 0 Å². The lowest BCUT2D eigenvalue weighted by Gasteiger charge is -2.37. The van der Waals surface area contributed by atoms with Gasteiger partial charge >= 0.3 is 0 Å². The Bertz CT molecular complexity index is 1140. The molecule has 0 saturated carbocycles. The first-order valence-corrected chi connectivity index (χ1v) is 10.7. The molecule has 0 radical (unpaired) electrons. The fourth-order valence-electron chi connectivity index (χ4n) is 4.24. The summed E-state index contributed by atoms with van der Waals surface area (Å²) >= 11 is 0. The molecule has 2 amide bonds. The molecule has 2 aliphatic rings. The number of pyridine rings is 2. The topological polar surface area (TPSA) is 69.6 Å². The third-order valence-corrected chi connectivity index (χ3v) is 5.87. The van der Waals surface area contributed by atoms with Gasteiger partial charge in [0.05, 0.1) is 12.1 Å². The highest BCUT2D eigenvalue weighted by Gasteiger charge is 2.42. The third-order valence-electron chi connectivity index (χ3n) is 5.87. The molecule has 2 aliphatic heterocycles. The molecule has 3 aromatic rings. The molecule has 1 aromatic carbocycles. The quantitative estimate of drug-likeness (QED) is 0.586. The average Bonchev–Trinajstić information content (AvgIpc) is 3.10. The summed E-state index contributed by atoms with van der Waals surface area (Å²) in [5.41, 5.74) is 2.62. The summed E-state index contributed by atoms with van der Waals surface area (Å²) in [6, 6.07) is 19.0. The first-order chi connectivity index (χ1) is 15.7. The zero-order chi connectivity index (χ0) is 21.9. The molecule has 1 fully saturated rings. The summed E-state index contributed by atoms with van der Waals surface area (Å²) in [6.07, 6.45) is 5.13. The van der Waals surface area contributed by atoms with Gasteiger partial charge in [0.25, 0.3) is 11.8 Å². The van der Waals surface area contributed by atoms with Gasteiger partial charge in [-0.05, 0) is 35.4 Å². The molecule has 0 spiro atoms. The van der Waals surface area contributed by atoms with E-state index in [0.29, 0.717) is 24.4 Å². The van der Waals surface area contributed by atoms with Crippen LogP contribution in [0.4, 0.5) is 5.82 Å². The van der Waals surface area contributed by atoms with E-state index in [1.54, 1.807) is 18.6 Å². The van der Waals surface area contributed by atoms with E-state index in [4.69, 9.17) is 0 Å². The van der Waals surface area contributed by atoms with Gasteiger partial charge in [0.2, 0.25) is 0 Å². The molecule has 4 heterocycles. The summed E-state index contributed by atoms with van der Waals surface area (Å²) < 4.78 is 0. The van der Waals surface area contributed by atoms with E-state index >= 15 is 0 Å². The predicted molar refractivity (Wildman–Crippen MR) is 121 cm³/mol. The minimum absolute atomic E-state index is 0.230. The van der Waals surface area contributed by atoms with Crippen LogP contribution in [0.3, 0.4) is 0 Å². The second-order valence-electron chi connectivity index (χ2n) is 7.80. The van der Waals surface area contributed by atoms with Crippen molar-refractivity contribution in [1.82, 2.24) is 19.8 Å². The van der Waals surface area contributed by atoms with Gasteiger partial charge in [0.15, 0.2) is 0 Å². The van der Waals surface area contributed by atoms with E-state index < -0.39 is 0 Å². The molecule has 7 heteroatoms. The number of aromatic nitrogens is 2. The molecule has 0 unspecified atom stereocenters. The summed E-state index contributed by atoms with van der Waals surface area (Å²) in [4.78, 5) is 41.0. The second kappa shape index (κ2) is 8.63. The number of nitrogens with zero attached hydrogens (tertiary/aromatic N) is 5. The summed E-state index contributed by atoms with van der Waals surface area (Å²) in [6.45, 7) is 2.98. The Labute approximate surface area is 186 Å². The fourth-order valence-corrected chi connectivity index (χ4v) is 4.24. The number of rotatable bonds is 5. The van der Waals surface area contributed by atoms with E-state index in [1.807, 2.05) is 60.7 Å². The van der Waals surface area contributed by atoms with Crippen molar-refractivity contribution in [2.24, 2.45) is 0 Å². The van der Waals surface area contributed by atoms with Crippen molar-refractivity contribution in [1.29, 1.82) is 0 Å². The van der Waals surface area contributed by atoms with E-state index in [1.165, 1.54) is 4.90 Å². The lowest BCUT2D eigenvalue weighted by molar-refractivity contribution is -0.138. The predicted octanol–water partition coefficient (Wildman–Crippen LogP) is 2.58. The van der Waals surface area contributed by atoms with Gasteiger partial charge in [-0.15, -0.1) is 0 Å². The lowest BCUT2D eigenvalue weighted by atomic mass is 10.0. The van der Waals surface area contributed by atoms with Gasteiger partial charge in [-0.25, -0.2) is 4.98 Å². The van der Waals surface area contributed by atoms with E-state index in [0.717, 1.165) is 30.0 Å². The molecular formula is C25H23N5O2. The number of amides is 2. The van der Waals surface area contributed by atoms with Crippen LogP contribution in [0.1, 0.15) is 11.1 Å². The van der Waals surface area contributed by atoms with Crippen molar-refractivity contribution in [2.75, 3.05) is 31.1 Å². The van der Waals surface area contributed by atoms with Gasteiger partial charge in [-0.3, -0.25) is 19.5 Å². The van der Waals surface area contributed by atoms with Crippen molar-refractivity contribution in [2.45, 2.75) is 6.54 Å². The number of benzene rings is 1.